The highest BCUT2D eigenvalue weighted by atomic mass is 16.5. The van der Waals surface area contributed by atoms with Crippen molar-refractivity contribution in [2.24, 2.45) is 0 Å². The summed E-state index contributed by atoms with van der Waals surface area (Å²) in [6.07, 6.45) is 2.88. The second-order valence-electron chi connectivity index (χ2n) is 3.87. The molecule has 1 rings (SSSR count). The van der Waals surface area contributed by atoms with Crippen LogP contribution in [-0.4, -0.2) is 20.8 Å². The number of hydrogen-bond acceptors (Lipinski definition) is 3. The molecule has 0 saturated heterocycles. The van der Waals surface area contributed by atoms with Crippen LogP contribution in [0.25, 0.3) is 0 Å². The first kappa shape index (κ1) is 13.6. The highest BCUT2D eigenvalue weighted by Gasteiger charge is 2.09. The summed E-state index contributed by atoms with van der Waals surface area (Å²) in [5.74, 6) is 1.52. The average molecular weight is 235 g/mol. The van der Waals surface area contributed by atoms with Crippen molar-refractivity contribution in [2.45, 2.75) is 19.4 Å². The summed E-state index contributed by atoms with van der Waals surface area (Å²) in [4.78, 5) is 0. The largest absolute Gasteiger partial charge is 0.493 e. The molecule has 94 valence electrons. The molecule has 0 amide bonds. The van der Waals surface area contributed by atoms with Gasteiger partial charge in [0.2, 0.25) is 0 Å². The summed E-state index contributed by atoms with van der Waals surface area (Å²) in [7, 11) is 3.29. The van der Waals surface area contributed by atoms with Gasteiger partial charge in [-0.3, -0.25) is 0 Å². The Balaban J connectivity index is 2.73. The van der Waals surface area contributed by atoms with Gasteiger partial charge in [0.15, 0.2) is 11.5 Å². The van der Waals surface area contributed by atoms with Crippen LogP contribution in [-0.2, 0) is 0 Å². The van der Waals surface area contributed by atoms with Crippen molar-refractivity contribution in [1.29, 1.82) is 0 Å². The first-order valence-corrected chi connectivity index (χ1v) is 5.79. The van der Waals surface area contributed by atoms with Gasteiger partial charge < -0.3 is 14.8 Å². The lowest BCUT2D eigenvalue weighted by atomic mass is 10.1. The molecule has 0 spiro atoms. The first-order chi connectivity index (χ1) is 8.22. The molecule has 3 nitrogen and oxygen atoms in total. The first-order valence-electron chi connectivity index (χ1n) is 5.79. The third-order valence-electron chi connectivity index (χ3n) is 2.71. The summed E-state index contributed by atoms with van der Waals surface area (Å²) in [5, 5.41) is 3.42. The second-order valence-corrected chi connectivity index (χ2v) is 3.87. The molecule has 0 fully saturated rings. The van der Waals surface area contributed by atoms with E-state index in [4.69, 9.17) is 9.47 Å². The molecule has 0 aliphatic carbocycles. The molecule has 0 heterocycles. The van der Waals surface area contributed by atoms with E-state index in [9.17, 15) is 0 Å². The van der Waals surface area contributed by atoms with E-state index in [1.54, 1.807) is 14.2 Å². The van der Waals surface area contributed by atoms with Gasteiger partial charge in [0, 0.05) is 6.04 Å². The van der Waals surface area contributed by atoms with Crippen LogP contribution in [0.5, 0.6) is 11.5 Å². The molecule has 17 heavy (non-hydrogen) atoms. The van der Waals surface area contributed by atoms with E-state index in [-0.39, 0.29) is 6.04 Å². The molecule has 0 aliphatic heterocycles. The molecule has 1 N–H and O–H groups in total. The number of hydrogen-bond donors (Lipinski definition) is 1. The Morgan fingerprint density at radius 3 is 2.59 bits per heavy atom. The number of nitrogens with one attached hydrogen (secondary N) is 1. The lowest BCUT2D eigenvalue weighted by Crippen LogP contribution is -2.19. The minimum atomic E-state index is 0.287. The minimum absolute atomic E-state index is 0.287. The number of rotatable bonds is 7. The number of ether oxygens (including phenoxy) is 2. The van der Waals surface area contributed by atoms with Crippen molar-refractivity contribution < 1.29 is 9.47 Å². The summed E-state index contributed by atoms with van der Waals surface area (Å²) >= 11 is 0. The fourth-order valence-corrected chi connectivity index (χ4v) is 1.64. The average Bonchev–Trinajstić information content (AvgIpc) is 2.38. The predicted octanol–water partition coefficient (Wildman–Crippen LogP) is 2.93. The Kier molecular flexibility index (Phi) is 5.57. The molecule has 1 aromatic rings. The Labute approximate surface area is 103 Å². The van der Waals surface area contributed by atoms with Gasteiger partial charge in [0.25, 0.3) is 0 Å². The minimum Gasteiger partial charge on any atom is -0.493 e. The van der Waals surface area contributed by atoms with Gasteiger partial charge in [-0.05, 0) is 37.6 Å². The maximum absolute atomic E-state index is 5.28. The third-order valence-corrected chi connectivity index (χ3v) is 2.71. The maximum Gasteiger partial charge on any atom is 0.161 e. The molecule has 1 atom stereocenters. The lowest BCUT2D eigenvalue weighted by Gasteiger charge is -2.16. The van der Waals surface area contributed by atoms with Crippen molar-refractivity contribution >= 4 is 0 Å². The molecule has 1 aromatic carbocycles. The Bertz CT molecular complexity index is 363. The quantitative estimate of drug-likeness (QED) is 0.582. The van der Waals surface area contributed by atoms with Gasteiger partial charge >= 0.3 is 0 Å². The van der Waals surface area contributed by atoms with Crippen LogP contribution in [0, 0.1) is 0 Å². The van der Waals surface area contributed by atoms with Crippen LogP contribution in [0.4, 0.5) is 0 Å². The second kappa shape index (κ2) is 6.97. The van der Waals surface area contributed by atoms with Gasteiger partial charge in [-0.25, -0.2) is 0 Å². The summed E-state index contributed by atoms with van der Waals surface area (Å²) in [6, 6.07) is 6.27. The van der Waals surface area contributed by atoms with Crippen LogP contribution in [0.3, 0.4) is 0 Å². The van der Waals surface area contributed by atoms with E-state index >= 15 is 0 Å². The summed E-state index contributed by atoms with van der Waals surface area (Å²) < 4.78 is 10.5. The van der Waals surface area contributed by atoms with Gasteiger partial charge in [-0.1, -0.05) is 12.1 Å². The van der Waals surface area contributed by atoms with Gasteiger partial charge in [-0.15, -0.1) is 6.58 Å². The van der Waals surface area contributed by atoms with Crippen molar-refractivity contribution in [3.63, 3.8) is 0 Å². The highest BCUT2D eigenvalue weighted by Crippen LogP contribution is 2.29. The molecule has 0 aromatic heterocycles. The Hall–Kier alpha value is -1.48. The molecular weight excluding hydrogens is 214 g/mol. The van der Waals surface area contributed by atoms with E-state index in [0.29, 0.717) is 0 Å². The standard InChI is InChI=1S/C14H21NO2/c1-5-6-9-15-11(2)12-7-8-13(16-3)14(10-12)17-4/h5,7-8,10-11,15H,1,6,9H2,2-4H3. The van der Waals surface area contributed by atoms with Crippen molar-refractivity contribution in [2.75, 3.05) is 20.8 Å². The van der Waals surface area contributed by atoms with Crippen LogP contribution in [0.2, 0.25) is 0 Å². The predicted molar refractivity (Wildman–Crippen MR) is 70.8 cm³/mol. The lowest BCUT2D eigenvalue weighted by molar-refractivity contribution is 0.354. The molecule has 0 radical (unpaired) electrons. The van der Waals surface area contributed by atoms with Crippen molar-refractivity contribution in [1.82, 2.24) is 5.32 Å². The van der Waals surface area contributed by atoms with Gasteiger partial charge in [-0.2, -0.15) is 0 Å². The Morgan fingerprint density at radius 2 is 2.00 bits per heavy atom. The topological polar surface area (TPSA) is 30.5 Å². The normalized spacial score (nSPS) is 11.9. The smallest absolute Gasteiger partial charge is 0.161 e. The van der Waals surface area contributed by atoms with Crippen LogP contribution in [0.1, 0.15) is 24.9 Å². The Morgan fingerprint density at radius 1 is 1.29 bits per heavy atom. The van der Waals surface area contributed by atoms with Crippen molar-refractivity contribution in [3.8, 4) is 11.5 Å². The van der Waals surface area contributed by atoms with E-state index < -0.39 is 0 Å². The number of benzene rings is 1. The summed E-state index contributed by atoms with van der Waals surface area (Å²) in [6.45, 7) is 6.76. The fourth-order valence-electron chi connectivity index (χ4n) is 1.64. The van der Waals surface area contributed by atoms with E-state index in [1.807, 2.05) is 24.3 Å². The van der Waals surface area contributed by atoms with Crippen LogP contribution >= 0.6 is 0 Å². The van der Waals surface area contributed by atoms with Crippen LogP contribution in [0.15, 0.2) is 30.9 Å². The maximum atomic E-state index is 5.28. The van der Waals surface area contributed by atoms with E-state index in [2.05, 4.69) is 18.8 Å². The van der Waals surface area contributed by atoms with E-state index in [1.165, 1.54) is 5.56 Å². The molecule has 0 aliphatic rings. The van der Waals surface area contributed by atoms with Crippen LogP contribution < -0.4 is 14.8 Å². The zero-order valence-electron chi connectivity index (χ0n) is 10.8. The summed E-state index contributed by atoms with van der Waals surface area (Å²) in [5.41, 5.74) is 1.19. The van der Waals surface area contributed by atoms with Gasteiger partial charge in [0.1, 0.15) is 0 Å². The molecule has 0 saturated carbocycles. The van der Waals surface area contributed by atoms with E-state index in [0.717, 1.165) is 24.5 Å². The SMILES string of the molecule is C=CCCNC(C)c1ccc(OC)c(OC)c1. The monoisotopic (exact) mass is 235 g/mol. The molecule has 0 bridgehead atoms. The van der Waals surface area contributed by atoms with Crippen molar-refractivity contribution in [3.05, 3.63) is 36.4 Å². The molecule has 3 heteroatoms. The highest BCUT2D eigenvalue weighted by molar-refractivity contribution is 5.43. The third kappa shape index (κ3) is 3.79. The zero-order valence-corrected chi connectivity index (χ0v) is 10.8. The number of methoxy groups -OCH3 is 2. The molecule has 1 unspecified atom stereocenters. The van der Waals surface area contributed by atoms with Gasteiger partial charge in [0.05, 0.1) is 14.2 Å². The fraction of sp³-hybridized carbons (Fsp3) is 0.429. The zero-order chi connectivity index (χ0) is 12.7. The molecular formula is C14H21NO2.